The van der Waals surface area contributed by atoms with Crippen LogP contribution >= 0.6 is 11.6 Å². The Morgan fingerprint density at radius 3 is 2.84 bits per heavy atom. The van der Waals surface area contributed by atoms with Crippen molar-refractivity contribution in [2.24, 2.45) is 0 Å². The van der Waals surface area contributed by atoms with Crippen molar-refractivity contribution < 1.29 is 9.53 Å². The first-order chi connectivity index (χ1) is 9.20. The van der Waals surface area contributed by atoms with E-state index in [1.165, 1.54) is 12.8 Å². The van der Waals surface area contributed by atoms with Gasteiger partial charge in [-0.15, -0.1) is 0 Å². The van der Waals surface area contributed by atoms with E-state index in [1.807, 2.05) is 18.2 Å². The minimum Gasteiger partial charge on any atom is -0.375 e. The number of fused-ring (bicyclic) bond motifs is 1. The van der Waals surface area contributed by atoms with Gasteiger partial charge in [0.1, 0.15) is 6.61 Å². The van der Waals surface area contributed by atoms with Crippen LogP contribution in [0.1, 0.15) is 12.8 Å². The monoisotopic (exact) mass is 280 g/mol. The zero-order chi connectivity index (χ0) is 13.4. The standard InChI is InChI=1S/C14H17ClN2O2/c1-19-9-14(18)17-7-6-16(11-3-4-11)13-8-10(15)2-5-12(13)17/h2,5,8,11H,3-4,6-7,9H2,1H3. The predicted molar refractivity (Wildman–Crippen MR) is 76.0 cm³/mol. The van der Waals surface area contributed by atoms with E-state index in [0.717, 1.165) is 17.9 Å². The molecule has 102 valence electrons. The van der Waals surface area contributed by atoms with Gasteiger partial charge in [-0.2, -0.15) is 0 Å². The Morgan fingerprint density at radius 1 is 1.37 bits per heavy atom. The number of benzene rings is 1. The lowest BCUT2D eigenvalue weighted by Crippen LogP contribution is -2.46. The lowest BCUT2D eigenvalue weighted by Gasteiger charge is -2.38. The molecule has 0 saturated heterocycles. The fourth-order valence-corrected chi connectivity index (χ4v) is 2.80. The average molecular weight is 281 g/mol. The maximum Gasteiger partial charge on any atom is 0.253 e. The largest absolute Gasteiger partial charge is 0.375 e. The fourth-order valence-electron chi connectivity index (χ4n) is 2.63. The summed E-state index contributed by atoms with van der Waals surface area (Å²) >= 11 is 6.10. The number of carbonyl (C=O) groups excluding carboxylic acids is 1. The summed E-state index contributed by atoms with van der Waals surface area (Å²) in [7, 11) is 1.54. The van der Waals surface area contributed by atoms with Crippen molar-refractivity contribution in [1.29, 1.82) is 0 Å². The number of rotatable bonds is 3. The van der Waals surface area contributed by atoms with Crippen LogP contribution in [0, 0.1) is 0 Å². The lowest BCUT2D eigenvalue weighted by molar-refractivity contribution is -0.122. The van der Waals surface area contributed by atoms with Gasteiger partial charge >= 0.3 is 0 Å². The molecule has 0 bridgehead atoms. The molecule has 0 atom stereocenters. The molecule has 0 N–H and O–H groups in total. The first kappa shape index (κ1) is 12.8. The van der Waals surface area contributed by atoms with E-state index in [2.05, 4.69) is 4.90 Å². The van der Waals surface area contributed by atoms with E-state index in [1.54, 1.807) is 12.0 Å². The minimum atomic E-state index is 0.00141. The van der Waals surface area contributed by atoms with Gasteiger partial charge in [0.25, 0.3) is 5.91 Å². The second-order valence-corrected chi connectivity index (χ2v) is 5.47. The number of hydrogen-bond acceptors (Lipinski definition) is 3. The molecule has 1 aromatic carbocycles. The zero-order valence-electron chi connectivity index (χ0n) is 10.9. The molecule has 1 aliphatic heterocycles. The first-order valence-corrected chi connectivity index (χ1v) is 6.94. The van der Waals surface area contributed by atoms with Crippen molar-refractivity contribution in [3.63, 3.8) is 0 Å². The van der Waals surface area contributed by atoms with Crippen LogP contribution in [-0.2, 0) is 9.53 Å². The molecule has 4 nitrogen and oxygen atoms in total. The molecule has 1 saturated carbocycles. The molecule has 0 radical (unpaired) electrons. The molecular weight excluding hydrogens is 264 g/mol. The molecule has 0 aromatic heterocycles. The average Bonchev–Trinajstić information content (AvgIpc) is 3.21. The fraction of sp³-hybridized carbons (Fsp3) is 0.500. The summed E-state index contributed by atoms with van der Waals surface area (Å²) in [4.78, 5) is 16.3. The Balaban J connectivity index is 1.95. The molecule has 3 rings (SSSR count). The summed E-state index contributed by atoms with van der Waals surface area (Å²) in [5.74, 6) is 0.00141. The van der Waals surface area contributed by atoms with Crippen LogP contribution in [-0.4, -0.2) is 38.8 Å². The van der Waals surface area contributed by atoms with E-state index < -0.39 is 0 Å². The molecule has 2 aliphatic rings. The SMILES string of the molecule is COCC(=O)N1CCN(C2CC2)c2cc(Cl)ccc21. The van der Waals surface area contributed by atoms with E-state index in [4.69, 9.17) is 16.3 Å². The predicted octanol–water partition coefficient (Wildman–Crippen LogP) is 2.30. The van der Waals surface area contributed by atoms with Crippen molar-refractivity contribution in [3.05, 3.63) is 23.2 Å². The molecule has 5 heteroatoms. The van der Waals surface area contributed by atoms with Crippen molar-refractivity contribution in [1.82, 2.24) is 0 Å². The molecule has 0 spiro atoms. The summed E-state index contributed by atoms with van der Waals surface area (Å²) in [6.07, 6.45) is 2.47. The van der Waals surface area contributed by atoms with Crippen molar-refractivity contribution in [3.8, 4) is 0 Å². The maximum absolute atomic E-state index is 12.1. The van der Waals surface area contributed by atoms with E-state index in [0.29, 0.717) is 17.6 Å². The highest BCUT2D eigenvalue weighted by Gasteiger charge is 2.35. The Bertz CT molecular complexity index is 502. The van der Waals surface area contributed by atoms with Gasteiger partial charge in [-0.1, -0.05) is 11.6 Å². The van der Waals surface area contributed by atoms with Crippen LogP contribution in [0.5, 0.6) is 0 Å². The molecule has 19 heavy (non-hydrogen) atoms. The summed E-state index contributed by atoms with van der Waals surface area (Å²) < 4.78 is 4.95. The third kappa shape index (κ3) is 2.42. The Kier molecular flexibility index (Phi) is 3.37. The maximum atomic E-state index is 12.1. The van der Waals surface area contributed by atoms with Crippen LogP contribution < -0.4 is 9.80 Å². The molecule has 1 heterocycles. The molecule has 1 amide bonds. The zero-order valence-corrected chi connectivity index (χ0v) is 11.7. The van der Waals surface area contributed by atoms with Gasteiger partial charge in [0.15, 0.2) is 0 Å². The van der Waals surface area contributed by atoms with Crippen molar-refractivity contribution >= 4 is 28.9 Å². The lowest BCUT2D eigenvalue weighted by atomic mass is 10.1. The number of anilines is 2. The molecule has 1 aliphatic carbocycles. The van der Waals surface area contributed by atoms with Gasteiger partial charge in [-0.05, 0) is 31.0 Å². The highest BCUT2D eigenvalue weighted by molar-refractivity contribution is 6.31. The van der Waals surface area contributed by atoms with Gasteiger partial charge in [-0.25, -0.2) is 0 Å². The molecule has 1 aromatic rings. The number of halogens is 1. The van der Waals surface area contributed by atoms with Crippen molar-refractivity contribution in [2.45, 2.75) is 18.9 Å². The third-order valence-corrected chi connectivity index (χ3v) is 3.89. The normalized spacial score (nSPS) is 18.4. The second-order valence-electron chi connectivity index (χ2n) is 5.04. The Hall–Kier alpha value is -1.26. The highest BCUT2D eigenvalue weighted by Crippen LogP contribution is 2.41. The van der Waals surface area contributed by atoms with E-state index >= 15 is 0 Å². The third-order valence-electron chi connectivity index (χ3n) is 3.66. The van der Waals surface area contributed by atoms with Crippen molar-refractivity contribution in [2.75, 3.05) is 36.6 Å². The quantitative estimate of drug-likeness (QED) is 0.852. The van der Waals surface area contributed by atoms with Gasteiger partial charge in [0.05, 0.1) is 11.4 Å². The van der Waals surface area contributed by atoms with Crippen LogP contribution in [0.15, 0.2) is 18.2 Å². The van der Waals surface area contributed by atoms with Crippen LogP contribution in [0.25, 0.3) is 0 Å². The van der Waals surface area contributed by atoms with Gasteiger partial charge in [-0.3, -0.25) is 4.79 Å². The molecule has 0 unspecified atom stereocenters. The molecular formula is C14H17ClN2O2. The Morgan fingerprint density at radius 2 is 2.16 bits per heavy atom. The topological polar surface area (TPSA) is 32.8 Å². The Labute approximate surface area is 117 Å². The first-order valence-electron chi connectivity index (χ1n) is 6.56. The summed E-state index contributed by atoms with van der Waals surface area (Å²) in [6, 6.07) is 6.35. The smallest absolute Gasteiger partial charge is 0.253 e. The highest BCUT2D eigenvalue weighted by atomic mass is 35.5. The van der Waals surface area contributed by atoms with Gasteiger partial charge < -0.3 is 14.5 Å². The number of ether oxygens (including phenoxy) is 1. The van der Waals surface area contributed by atoms with E-state index in [9.17, 15) is 4.79 Å². The summed E-state index contributed by atoms with van der Waals surface area (Å²) in [5.41, 5.74) is 2.02. The van der Waals surface area contributed by atoms with Crippen LogP contribution in [0.3, 0.4) is 0 Å². The number of hydrogen-bond donors (Lipinski definition) is 0. The molecule has 1 fully saturated rings. The summed E-state index contributed by atoms with van der Waals surface area (Å²) in [6.45, 7) is 1.70. The summed E-state index contributed by atoms with van der Waals surface area (Å²) in [5, 5.41) is 0.713. The van der Waals surface area contributed by atoms with Gasteiger partial charge in [0.2, 0.25) is 0 Å². The second kappa shape index (κ2) is 5.02. The number of nitrogens with zero attached hydrogens (tertiary/aromatic N) is 2. The van der Waals surface area contributed by atoms with E-state index in [-0.39, 0.29) is 12.5 Å². The van der Waals surface area contributed by atoms with Crippen LogP contribution in [0.4, 0.5) is 11.4 Å². The van der Waals surface area contributed by atoms with Crippen LogP contribution in [0.2, 0.25) is 5.02 Å². The number of carbonyl (C=O) groups is 1. The minimum absolute atomic E-state index is 0.00141. The number of amides is 1. The number of methoxy groups -OCH3 is 1. The van der Waals surface area contributed by atoms with Gasteiger partial charge in [0, 0.05) is 31.3 Å².